The van der Waals surface area contributed by atoms with Gasteiger partial charge in [-0.2, -0.15) is 0 Å². The summed E-state index contributed by atoms with van der Waals surface area (Å²) < 4.78 is 6.06. The third kappa shape index (κ3) is 4.28. The third-order valence-electron chi connectivity index (χ3n) is 7.39. The van der Waals surface area contributed by atoms with Crippen molar-refractivity contribution in [1.82, 2.24) is 15.5 Å². The van der Waals surface area contributed by atoms with Gasteiger partial charge in [0.1, 0.15) is 11.6 Å². The predicted octanol–water partition coefficient (Wildman–Crippen LogP) is 4.70. The zero-order chi connectivity index (χ0) is 25.6. The third-order valence-corrected chi connectivity index (χ3v) is 8.40. The molecule has 2 aromatic carbocycles. The minimum atomic E-state index is -0.444. The number of nitrogens with one attached hydrogen (secondary N) is 2. The van der Waals surface area contributed by atoms with Crippen LogP contribution < -0.4 is 10.6 Å². The van der Waals surface area contributed by atoms with Crippen molar-refractivity contribution in [3.63, 3.8) is 0 Å². The van der Waals surface area contributed by atoms with E-state index in [1.54, 1.807) is 16.7 Å². The van der Waals surface area contributed by atoms with E-state index in [1.165, 1.54) is 6.92 Å². The van der Waals surface area contributed by atoms with Gasteiger partial charge in [0.15, 0.2) is 5.76 Å². The van der Waals surface area contributed by atoms with Crippen molar-refractivity contribution in [3.05, 3.63) is 70.0 Å². The standard InChI is InChI=1S/C28H31N3O4S/c1-15-9-10-16(2)25-24(15)17(3)26(35-25)28(34)30-22-12-11-21(19-7-5-6-8-20(19)22)29-27(33)23-13-36-14-31(23)18(4)32/h5-10,21-23H,11-14H2,1-4H3,(H,29,33)(H,30,34)/t21?,22?,23-/m0/s1. The van der Waals surface area contributed by atoms with Gasteiger partial charge in [0.2, 0.25) is 11.8 Å². The molecule has 1 aliphatic carbocycles. The minimum Gasteiger partial charge on any atom is -0.450 e. The maximum atomic E-state index is 13.4. The number of furan rings is 1. The van der Waals surface area contributed by atoms with E-state index in [0.29, 0.717) is 30.2 Å². The molecule has 0 bridgehead atoms. The molecule has 5 rings (SSSR count). The van der Waals surface area contributed by atoms with Crippen molar-refractivity contribution in [1.29, 1.82) is 0 Å². The monoisotopic (exact) mass is 505 g/mol. The van der Waals surface area contributed by atoms with E-state index >= 15 is 0 Å². The molecule has 2 aliphatic rings. The summed E-state index contributed by atoms with van der Waals surface area (Å²) in [4.78, 5) is 40.0. The fraction of sp³-hybridized carbons (Fsp3) is 0.393. The second kappa shape index (κ2) is 9.65. The lowest BCUT2D eigenvalue weighted by Gasteiger charge is -2.33. The lowest BCUT2D eigenvalue weighted by molar-refractivity contribution is -0.136. The van der Waals surface area contributed by atoms with Crippen molar-refractivity contribution in [2.24, 2.45) is 0 Å². The summed E-state index contributed by atoms with van der Waals surface area (Å²) in [6.45, 7) is 7.44. The highest BCUT2D eigenvalue weighted by atomic mass is 32.2. The summed E-state index contributed by atoms with van der Waals surface area (Å²) in [6, 6.07) is 11.2. The van der Waals surface area contributed by atoms with Crippen LogP contribution >= 0.6 is 11.8 Å². The summed E-state index contributed by atoms with van der Waals surface area (Å²) in [7, 11) is 0. The Morgan fingerprint density at radius 3 is 2.22 bits per heavy atom. The molecule has 188 valence electrons. The molecular formula is C28H31N3O4S. The second-order valence-corrected chi connectivity index (χ2v) is 10.8. The Balaban J connectivity index is 1.36. The van der Waals surface area contributed by atoms with Crippen molar-refractivity contribution in [2.45, 2.75) is 58.7 Å². The SMILES string of the molecule is CC(=O)N1CSC[C@H]1C(=O)NC1CCC(NC(=O)c2oc3c(C)ccc(C)c3c2C)c2ccccc21. The van der Waals surface area contributed by atoms with Gasteiger partial charge in [-0.3, -0.25) is 14.4 Å². The molecule has 3 amide bonds. The van der Waals surface area contributed by atoms with Gasteiger partial charge in [-0.05, 0) is 55.9 Å². The molecule has 2 N–H and O–H groups in total. The average Bonchev–Trinajstić information content (AvgIpc) is 3.49. The number of benzene rings is 2. The Hall–Kier alpha value is -3.26. The van der Waals surface area contributed by atoms with Gasteiger partial charge < -0.3 is 20.0 Å². The topological polar surface area (TPSA) is 91.7 Å². The number of carbonyl (C=O) groups is 3. The first kappa shape index (κ1) is 24.4. The first-order chi connectivity index (χ1) is 17.3. The van der Waals surface area contributed by atoms with Crippen LogP contribution in [0.2, 0.25) is 0 Å². The molecule has 2 heterocycles. The Morgan fingerprint density at radius 2 is 1.58 bits per heavy atom. The van der Waals surface area contributed by atoms with Crippen LogP contribution in [0, 0.1) is 20.8 Å². The summed E-state index contributed by atoms with van der Waals surface area (Å²) in [6.07, 6.45) is 1.37. The average molecular weight is 506 g/mol. The van der Waals surface area contributed by atoms with Crippen molar-refractivity contribution in [3.8, 4) is 0 Å². The van der Waals surface area contributed by atoms with Crippen LogP contribution in [0.1, 0.15) is 70.2 Å². The molecule has 1 fully saturated rings. The zero-order valence-corrected chi connectivity index (χ0v) is 21.8. The smallest absolute Gasteiger partial charge is 0.287 e. The molecular weight excluding hydrogens is 474 g/mol. The highest BCUT2D eigenvalue weighted by Crippen LogP contribution is 2.37. The first-order valence-corrected chi connectivity index (χ1v) is 13.5. The number of hydrogen-bond donors (Lipinski definition) is 2. The number of hydrogen-bond acceptors (Lipinski definition) is 5. The fourth-order valence-corrected chi connectivity index (χ4v) is 6.66. The molecule has 3 atom stereocenters. The van der Waals surface area contributed by atoms with Crippen LogP contribution in [0.25, 0.3) is 11.0 Å². The van der Waals surface area contributed by atoms with Gasteiger partial charge >= 0.3 is 0 Å². The molecule has 7 nitrogen and oxygen atoms in total. The fourth-order valence-electron chi connectivity index (χ4n) is 5.44. The van der Waals surface area contributed by atoms with Crippen LogP contribution in [0.3, 0.4) is 0 Å². The highest BCUT2D eigenvalue weighted by Gasteiger charge is 2.36. The maximum absolute atomic E-state index is 13.4. The molecule has 0 radical (unpaired) electrons. The van der Waals surface area contributed by atoms with Crippen LogP contribution in [0.15, 0.2) is 40.8 Å². The number of amides is 3. The Morgan fingerprint density at radius 1 is 0.944 bits per heavy atom. The van der Waals surface area contributed by atoms with Crippen LogP contribution in [-0.2, 0) is 9.59 Å². The Kier molecular flexibility index (Phi) is 6.55. The molecule has 36 heavy (non-hydrogen) atoms. The number of thioether (sulfide) groups is 1. The molecule has 0 spiro atoms. The summed E-state index contributed by atoms with van der Waals surface area (Å²) in [5, 5.41) is 7.35. The maximum Gasteiger partial charge on any atom is 0.287 e. The number of rotatable bonds is 4. The van der Waals surface area contributed by atoms with Crippen LogP contribution in [-0.4, -0.2) is 40.3 Å². The van der Waals surface area contributed by atoms with Gasteiger partial charge in [0, 0.05) is 23.6 Å². The van der Waals surface area contributed by atoms with Gasteiger partial charge in [0.25, 0.3) is 5.91 Å². The Labute approximate surface area is 215 Å². The van der Waals surface area contributed by atoms with Crippen LogP contribution in [0.4, 0.5) is 0 Å². The summed E-state index contributed by atoms with van der Waals surface area (Å²) in [5.41, 5.74) is 5.68. The lowest BCUT2D eigenvalue weighted by Crippen LogP contribution is -2.48. The normalized spacial score (nSPS) is 21.3. The second-order valence-electron chi connectivity index (χ2n) is 9.76. The van der Waals surface area contributed by atoms with E-state index in [2.05, 4.69) is 10.6 Å². The van der Waals surface area contributed by atoms with Gasteiger partial charge in [-0.25, -0.2) is 0 Å². The van der Waals surface area contributed by atoms with E-state index in [9.17, 15) is 14.4 Å². The van der Waals surface area contributed by atoms with Gasteiger partial charge in [0.05, 0.1) is 18.0 Å². The molecule has 0 saturated carbocycles. The van der Waals surface area contributed by atoms with Gasteiger partial charge in [-0.15, -0.1) is 11.8 Å². The quantitative estimate of drug-likeness (QED) is 0.536. The first-order valence-electron chi connectivity index (χ1n) is 12.3. The number of fused-ring (bicyclic) bond motifs is 2. The highest BCUT2D eigenvalue weighted by molar-refractivity contribution is 7.99. The molecule has 8 heteroatoms. The largest absolute Gasteiger partial charge is 0.450 e. The van der Waals surface area contributed by atoms with E-state index < -0.39 is 6.04 Å². The van der Waals surface area contributed by atoms with E-state index in [1.807, 2.05) is 57.2 Å². The Bertz CT molecular complexity index is 1360. The number of aryl methyl sites for hydroxylation is 3. The number of carbonyl (C=O) groups excluding carboxylic acids is 3. The van der Waals surface area contributed by atoms with E-state index in [-0.39, 0.29) is 29.8 Å². The number of nitrogens with zero attached hydrogens (tertiary/aromatic N) is 1. The minimum absolute atomic E-state index is 0.0850. The summed E-state index contributed by atoms with van der Waals surface area (Å²) >= 11 is 1.59. The molecule has 3 aromatic rings. The molecule has 2 unspecified atom stereocenters. The van der Waals surface area contributed by atoms with E-state index in [0.717, 1.165) is 38.8 Å². The van der Waals surface area contributed by atoms with Crippen molar-refractivity contribution in [2.75, 3.05) is 11.6 Å². The van der Waals surface area contributed by atoms with Crippen molar-refractivity contribution < 1.29 is 18.8 Å². The molecule has 1 aliphatic heterocycles. The summed E-state index contributed by atoms with van der Waals surface area (Å²) in [5.74, 6) is 1.06. The molecule has 1 saturated heterocycles. The van der Waals surface area contributed by atoms with Crippen LogP contribution in [0.5, 0.6) is 0 Å². The predicted molar refractivity (Wildman–Crippen MR) is 141 cm³/mol. The van der Waals surface area contributed by atoms with Crippen molar-refractivity contribution >= 4 is 40.5 Å². The van der Waals surface area contributed by atoms with Gasteiger partial charge in [-0.1, -0.05) is 36.4 Å². The molecule has 1 aromatic heterocycles. The lowest BCUT2D eigenvalue weighted by atomic mass is 9.84. The zero-order valence-electron chi connectivity index (χ0n) is 21.0. The van der Waals surface area contributed by atoms with E-state index in [4.69, 9.17) is 4.42 Å².